The van der Waals surface area contributed by atoms with E-state index in [4.69, 9.17) is 6.58 Å². The molecule has 0 aromatic rings. The second-order valence-electron chi connectivity index (χ2n) is 1.45. The molecule has 0 spiro atoms. The van der Waals surface area contributed by atoms with Crippen LogP contribution < -0.4 is 0 Å². The lowest BCUT2D eigenvalue weighted by Gasteiger charge is -1.89. The molecule has 2 radical (unpaired) electrons. The minimum atomic E-state index is 0.257. The van der Waals surface area contributed by atoms with Crippen LogP contribution in [0.15, 0.2) is 11.1 Å². The third kappa shape index (κ3) is 1.73. The number of rotatable bonds is 2. The molecule has 0 fully saturated rings. The van der Waals surface area contributed by atoms with Crippen molar-refractivity contribution in [1.29, 1.82) is 0 Å². The third-order valence-corrected chi connectivity index (χ3v) is 0.935. The molecule has 0 saturated heterocycles. The van der Waals surface area contributed by atoms with Gasteiger partial charge in [0.1, 0.15) is 6.29 Å². The van der Waals surface area contributed by atoms with Gasteiger partial charge in [0.05, 0.1) is 0 Å². The second-order valence-corrected chi connectivity index (χ2v) is 1.45. The fraction of sp³-hybridized carbons (Fsp3) is 0.286. The predicted molar refractivity (Wildman–Crippen MR) is 32.0 cm³/mol. The van der Waals surface area contributed by atoms with E-state index in [0.29, 0.717) is 11.9 Å². The van der Waals surface area contributed by atoms with Crippen LogP contribution in [-0.4, -0.2) is 6.29 Å². The van der Waals surface area contributed by atoms with Crippen molar-refractivity contribution in [3.63, 3.8) is 0 Å². The van der Waals surface area contributed by atoms with E-state index < -0.39 is 0 Å². The first-order valence-corrected chi connectivity index (χ1v) is 2.31. The van der Waals surface area contributed by atoms with Crippen LogP contribution in [0.5, 0.6) is 0 Å². The lowest BCUT2D eigenvalue weighted by molar-refractivity contribution is -0.104. The first-order chi connectivity index (χ1) is 3.72. The van der Waals surface area contributed by atoms with Crippen LogP contribution >= 0.6 is 0 Å². The summed E-state index contributed by atoms with van der Waals surface area (Å²) in [4.78, 5) is 9.88. The van der Waals surface area contributed by atoms with Gasteiger partial charge in [-0.1, -0.05) is 6.58 Å². The largest absolute Gasteiger partial charge is 0.298 e. The van der Waals surface area contributed by atoms with Crippen molar-refractivity contribution >= 4 is 6.29 Å². The summed E-state index contributed by atoms with van der Waals surface area (Å²) in [5.41, 5.74) is 0.965. The summed E-state index contributed by atoms with van der Waals surface area (Å²) in [7, 11) is 0. The molecule has 1 nitrogen and oxygen atoms in total. The fourth-order valence-electron chi connectivity index (χ4n) is 0.233. The molecule has 8 heavy (non-hydrogen) atoms. The van der Waals surface area contributed by atoms with Crippen LogP contribution in [0.25, 0.3) is 0 Å². The Morgan fingerprint density at radius 1 is 1.75 bits per heavy atom. The maximum Gasteiger partial charge on any atom is 0.150 e. The average molecular weight is 108 g/mol. The number of carbonyl (C=O) groups excluding carboxylic acids is 1. The topological polar surface area (TPSA) is 17.1 Å². The Morgan fingerprint density at radius 3 is 2.38 bits per heavy atom. The molecule has 0 unspecified atom stereocenters. The molecule has 0 rings (SSSR count). The van der Waals surface area contributed by atoms with Gasteiger partial charge in [0.15, 0.2) is 0 Å². The van der Waals surface area contributed by atoms with Crippen molar-refractivity contribution in [1.82, 2.24) is 0 Å². The highest BCUT2D eigenvalue weighted by atomic mass is 16.1. The summed E-state index contributed by atoms with van der Waals surface area (Å²) < 4.78 is 0. The highest BCUT2D eigenvalue weighted by Gasteiger charge is 1.89. The van der Waals surface area contributed by atoms with E-state index in [-0.39, 0.29) is 5.57 Å². The Bertz CT molecular complexity index is 131. The van der Waals surface area contributed by atoms with Gasteiger partial charge in [-0.25, -0.2) is 0 Å². The van der Waals surface area contributed by atoms with Crippen molar-refractivity contribution in [2.75, 3.05) is 0 Å². The third-order valence-electron chi connectivity index (χ3n) is 0.935. The molecule has 0 aromatic carbocycles. The van der Waals surface area contributed by atoms with Crippen molar-refractivity contribution in [3.05, 3.63) is 23.8 Å². The van der Waals surface area contributed by atoms with E-state index in [2.05, 4.69) is 6.08 Å². The Labute approximate surface area is 49.7 Å². The molecule has 0 bridgehead atoms. The minimum Gasteiger partial charge on any atom is -0.298 e. The molecular formula is C7H8O. The average Bonchev–Trinajstić information content (AvgIpc) is 1.84. The summed E-state index contributed by atoms with van der Waals surface area (Å²) >= 11 is 0. The first-order valence-electron chi connectivity index (χ1n) is 2.31. The van der Waals surface area contributed by atoms with Crippen molar-refractivity contribution in [3.8, 4) is 0 Å². The highest BCUT2D eigenvalue weighted by molar-refractivity contribution is 5.77. The lowest BCUT2D eigenvalue weighted by Crippen LogP contribution is -1.82. The molecule has 0 aliphatic carbocycles. The standard InChI is InChI=1S/C7H8O/c1-4-6(2)7(3)5-8/h3,5H,1-2H3. The Hall–Kier alpha value is -0.850. The van der Waals surface area contributed by atoms with E-state index in [1.165, 1.54) is 0 Å². The summed E-state index contributed by atoms with van der Waals surface area (Å²) in [6.07, 6.45) is 3.36. The Kier molecular flexibility index (Phi) is 2.85. The first kappa shape index (κ1) is 7.15. The monoisotopic (exact) mass is 108 g/mol. The molecule has 0 aromatic heterocycles. The van der Waals surface area contributed by atoms with E-state index in [1.807, 2.05) is 0 Å². The maximum absolute atomic E-state index is 9.88. The zero-order chi connectivity index (χ0) is 6.57. The summed E-state index contributed by atoms with van der Waals surface area (Å²) in [5.74, 6) is 0. The SMILES string of the molecule is [CH]=C(C=O)/C(C)=[C]\C. The summed E-state index contributed by atoms with van der Waals surface area (Å²) in [6.45, 7) is 8.63. The normalized spacial score (nSPS) is 11.0. The van der Waals surface area contributed by atoms with Crippen molar-refractivity contribution in [2.45, 2.75) is 13.8 Å². The molecule has 1 heteroatoms. The van der Waals surface area contributed by atoms with Crippen LogP contribution in [0.1, 0.15) is 13.8 Å². The quantitative estimate of drug-likeness (QED) is 0.296. The summed E-state index contributed by atoms with van der Waals surface area (Å²) in [5, 5.41) is 0. The number of hydrogen-bond donors (Lipinski definition) is 0. The molecule has 0 saturated carbocycles. The van der Waals surface area contributed by atoms with Gasteiger partial charge in [-0.15, -0.1) is 0 Å². The molecule has 0 aliphatic rings. The number of aldehydes is 1. The van der Waals surface area contributed by atoms with Crippen LogP contribution in [0, 0.1) is 12.7 Å². The Balaban J connectivity index is 4.03. The molecule has 42 valence electrons. The molecular weight excluding hydrogens is 100 g/mol. The zero-order valence-electron chi connectivity index (χ0n) is 5.06. The van der Waals surface area contributed by atoms with Gasteiger partial charge in [-0.3, -0.25) is 4.79 Å². The van der Waals surface area contributed by atoms with Gasteiger partial charge in [-0.2, -0.15) is 0 Å². The highest BCUT2D eigenvalue weighted by Crippen LogP contribution is 1.99. The molecule has 0 N–H and O–H groups in total. The smallest absolute Gasteiger partial charge is 0.150 e. The fourth-order valence-corrected chi connectivity index (χ4v) is 0.233. The van der Waals surface area contributed by atoms with E-state index in [9.17, 15) is 4.79 Å². The lowest BCUT2D eigenvalue weighted by atomic mass is 10.1. The second kappa shape index (κ2) is 3.19. The van der Waals surface area contributed by atoms with E-state index >= 15 is 0 Å². The van der Waals surface area contributed by atoms with Crippen molar-refractivity contribution in [2.24, 2.45) is 0 Å². The molecule has 0 aliphatic heterocycles. The van der Waals surface area contributed by atoms with Gasteiger partial charge in [0.2, 0.25) is 0 Å². The molecule has 0 amide bonds. The van der Waals surface area contributed by atoms with Crippen LogP contribution in [0.4, 0.5) is 0 Å². The molecule has 0 atom stereocenters. The van der Waals surface area contributed by atoms with E-state index in [1.54, 1.807) is 13.8 Å². The zero-order valence-corrected chi connectivity index (χ0v) is 5.06. The van der Waals surface area contributed by atoms with Gasteiger partial charge >= 0.3 is 0 Å². The van der Waals surface area contributed by atoms with E-state index in [0.717, 1.165) is 0 Å². The van der Waals surface area contributed by atoms with Crippen LogP contribution in [0.3, 0.4) is 0 Å². The van der Waals surface area contributed by atoms with Crippen LogP contribution in [-0.2, 0) is 4.79 Å². The molecule has 0 heterocycles. The number of carbonyl (C=O) groups is 1. The summed E-state index contributed by atoms with van der Waals surface area (Å²) in [6, 6.07) is 0. The minimum absolute atomic E-state index is 0.257. The van der Waals surface area contributed by atoms with Gasteiger partial charge < -0.3 is 0 Å². The van der Waals surface area contributed by atoms with Gasteiger partial charge in [0, 0.05) is 5.57 Å². The number of allylic oxidation sites excluding steroid dienone is 3. The predicted octanol–water partition coefficient (Wildman–Crippen LogP) is 1.31. The van der Waals surface area contributed by atoms with Gasteiger partial charge in [-0.05, 0) is 25.5 Å². The Morgan fingerprint density at radius 2 is 2.25 bits per heavy atom. The van der Waals surface area contributed by atoms with Crippen molar-refractivity contribution < 1.29 is 4.79 Å². The van der Waals surface area contributed by atoms with Crippen LogP contribution in [0.2, 0.25) is 0 Å². The number of hydrogen-bond acceptors (Lipinski definition) is 1. The van der Waals surface area contributed by atoms with Gasteiger partial charge in [0.25, 0.3) is 0 Å². The maximum atomic E-state index is 9.88.